The quantitative estimate of drug-likeness (QED) is 0.913. The van der Waals surface area contributed by atoms with Crippen LogP contribution in [0.25, 0.3) is 0 Å². The van der Waals surface area contributed by atoms with Crippen LogP contribution in [-0.4, -0.2) is 16.3 Å². The molecule has 0 saturated carbocycles. The summed E-state index contributed by atoms with van der Waals surface area (Å²) in [7, 11) is 1.93. The molecule has 1 aromatic carbocycles. The number of benzene rings is 1. The number of aromatic nitrogens is 2. The van der Waals surface area contributed by atoms with Crippen molar-refractivity contribution in [1.82, 2.24) is 15.1 Å². The van der Waals surface area contributed by atoms with Gasteiger partial charge in [0.2, 0.25) is 0 Å². The lowest BCUT2D eigenvalue weighted by molar-refractivity contribution is 0.561. The van der Waals surface area contributed by atoms with Crippen molar-refractivity contribution < 1.29 is 4.39 Å². The van der Waals surface area contributed by atoms with E-state index in [0.717, 1.165) is 18.5 Å². The molecule has 0 saturated heterocycles. The normalized spacial score (nSPS) is 12.6. The Balaban J connectivity index is 1.89. The minimum absolute atomic E-state index is 0.131. The molecule has 1 heterocycles. The maximum Gasteiger partial charge on any atom is 0.141 e. The molecule has 0 bridgehead atoms. The molecule has 3 nitrogen and oxygen atoms in total. The zero-order valence-corrected chi connectivity index (χ0v) is 11.8. The predicted octanol–water partition coefficient (Wildman–Crippen LogP) is 3.11. The van der Waals surface area contributed by atoms with Crippen LogP contribution in [0.3, 0.4) is 0 Å². The lowest BCUT2D eigenvalue weighted by atomic mass is 10.1. The molecule has 1 atom stereocenters. The molecular weight excluding hydrogens is 265 g/mol. The number of rotatable bonds is 5. The largest absolute Gasteiger partial charge is 0.310 e. The summed E-state index contributed by atoms with van der Waals surface area (Å²) in [6.07, 6.45) is 2.69. The Hall–Kier alpha value is -1.39. The van der Waals surface area contributed by atoms with Crippen LogP contribution in [0.2, 0.25) is 5.02 Å². The summed E-state index contributed by atoms with van der Waals surface area (Å²) in [6.45, 7) is 2.86. The molecule has 0 amide bonds. The van der Waals surface area contributed by atoms with Gasteiger partial charge in [-0.05, 0) is 30.7 Å². The van der Waals surface area contributed by atoms with Gasteiger partial charge in [0.15, 0.2) is 0 Å². The van der Waals surface area contributed by atoms with Crippen LogP contribution in [-0.2, 0) is 13.5 Å². The van der Waals surface area contributed by atoms with Gasteiger partial charge in [-0.15, -0.1) is 0 Å². The first-order valence-corrected chi connectivity index (χ1v) is 6.61. The van der Waals surface area contributed by atoms with Crippen molar-refractivity contribution in [2.75, 3.05) is 6.54 Å². The third kappa shape index (κ3) is 3.55. The van der Waals surface area contributed by atoms with Gasteiger partial charge in [0.1, 0.15) is 5.82 Å². The molecule has 2 rings (SSSR count). The molecule has 1 aromatic heterocycles. The summed E-state index contributed by atoms with van der Waals surface area (Å²) in [5, 5.41) is 7.68. The Kier molecular flexibility index (Phi) is 4.56. The van der Waals surface area contributed by atoms with E-state index in [9.17, 15) is 4.39 Å². The highest BCUT2D eigenvalue weighted by Crippen LogP contribution is 2.20. The van der Waals surface area contributed by atoms with E-state index in [1.807, 2.05) is 24.7 Å². The van der Waals surface area contributed by atoms with Crippen molar-refractivity contribution in [1.29, 1.82) is 0 Å². The minimum Gasteiger partial charge on any atom is -0.310 e. The highest BCUT2D eigenvalue weighted by molar-refractivity contribution is 6.30. The fourth-order valence-electron chi connectivity index (χ4n) is 1.96. The van der Waals surface area contributed by atoms with Gasteiger partial charge in [-0.3, -0.25) is 4.68 Å². The second-order valence-electron chi connectivity index (χ2n) is 4.55. The topological polar surface area (TPSA) is 29.9 Å². The van der Waals surface area contributed by atoms with Crippen LogP contribution in [0.15, 0.2) is 30.5 Å². The average molecular weight is 282 g/mol. The van der Waals surface area contributed by atoms with Crippen LogP contribution in [0.1, 0.15) is 24.2 Å². The van der Waals surface area contributed by atoms with Gasteiger partial charge >= 0.3 is 0 Å². The summed E-state index contributed by atoms with van der Waals surface area (Å²) < 4.78 is 14.9. The molecule has 19 heavy (non-hydrogen) atoms. The summed E-state index contributed by atoms with van der Waals surface area (Å²) in [5.74, 6) is -0.382. The van der Waals surface area contributed by atoms with Crippen molar-refractivity contribution in [3.63, 3.8) is 0 Å². The van der Waals surface area contributed by atoms with Crippen LogP contribution >= 0.6 is 11.6 Å². The number of aryl methyl sites for hydroxylation is 1. The van der Waals surface area contributed by atoms with Gasteiger partial charge in [-0.1, -0.05) is 17.7 Å². The maximum absolute atomic E-state index is 13.1. The van der Waals surface area contributed by atoms with Crippen LogP contribution in [0.5, 0.6) is 0 Å². The summed E-state index contributed by atoms with van der Waals surface area (Å²) in [6, 6.07) is 6.95. The molecule has 102 valence electrons. The van der Waals surface area contributed by atoms with Gasteiger partial charge in [-0.25, -0.2) is 4.39 Å². The Morgan fingerprint density at radius 1 is 1.42 bits per heavy atom. The fraction of sp³-hybridized carbons (Fsp3) is 0.357. The third-order valence-corrected chi connectivity index (χ3v) is 3.49. The molecule has 5 heteroatoms. The van der Waals surface area contributed by atoms with Crippen LogP contribution in [0.4, 0.5) is 4.39 Å². The van der Waals surface area contributed by atoms with Gasteiger partial charge in [0.05, 0.1) is 5.02 Å². The Bertz CT molecular complexity index is 553. The van der Waals surface area contributed by atoms with E-state index in [2.05, 4.69) is 10.4 Å². The number of nitrogens with zero attached hydrogens (tertiary/aromatic N) is 2. The summed E-state index contributed by atoms with van der Waals surface area (Å²) in [5.41, 5.74) is 2.16. The summed E-state index contributed by atoms with van der Waals surface area (Å²) in [4.78, 5) is 0. The lowest BCUT2D eigenvalue weighted by Crippen LogP contribution is -2.22. The highest BCUT2D eigenvalue weighted by Gasteiger charge is 2.08. The molecular formula is C14H17ClFN3. The lowest BCUT2D eigenvalue weighted by Gasteiger charge is -2.14. The first-order chi connectivity index (χ1) is 9.08. The van der Waals surface area contributed by atoms with Crippen molar-refractivity contribution in [2.24, 2.45) is 7.05 Å². The molecule has 1 N–H and O–H groups in total. The Labute approximate surface area is 117 Å². The van der Waals surface area contributed by atoms with Gasteiger partial charge in [0, 0.05) is 37.9 Å². The summed E-state index contributed by atoms with van der Waals surface area (Å²) >= 11 is 5.78. The highest BCUT2D eigenvalue weighted by atomic mass is 35.5. The number of hydrogen-bond donors (Lipinski definition) is 1. The number of nitrogens with one attached hydrogen (secondary N) is 1. The first kappa shape index (κ1) is 14.0. The van der Waals surface area contributed by atoms with Crippen molar-refractivity contribution in [3.05, 3.63) is 52.6 Å². The molecule has 0 fully saturated rings. The number of hydrogen-bond acceptors (Lipinski definition) is 2. The van der Waals surface area contributed by atoms with E-state index >= 15 is 0 Å². The van der Waals surface area contributed by atoms with E-state index in [-0.39, 0.29) is 16.9 Å². The van der Waals surface area contributed by atoms with Crippen molar-refractivity contribution in [2.45, 2.75) is 19.4 Å². The number of halogens is 2. The molecule has 0 spiro atoms. The van der Waals surface area contributed by atoms with Crippen molar-refractivity contribution >= 4 is 11.6 Å². The van der Waals surface area contributed by atoms with Crippen LogP contribution < -0.4 is 5.32 Å². The SMILES string of the molecule is CC(NCCc1ccnn1C)c1ccc(F)c(Cl)c1. The second kappa shape index (κ2) is 6.17. The average Bonchev–Trinajstić information content (AvgIpc) is 2.78. The van der Waals surface area contributed by atoms with E-state index in [1.54, 1.807) is 18.3 Å². The second-order valence-corrected chi connectivity index (χ2v) is 4.95. The third-order valence-electron chi connectivity index (χ3n) is 3.20. The van der Waals surface area contributed by atoms with E-state index in [4.69, 9.17) is 11.6 Å². The molecule has 2 aromatic rings. The molecule has 0 aliphatic rings. The Morgan fingerprint density at radius 3 is 2.84 bits per heavy atom. The molecule has 0 aliphatic carbocycles. The molecule has 0 radical (unpaired) electrons. The van der Waals surface area contributed by atoms with E-state index < -0.39 is 0 Å². The monoisotopic (exact) mass is 281 g/mol. The zero-order valence-electron chi connectivity index (χ0n) is 11.0. The smallest absolute Gasteiger partial charge is 0.141 e. The van der Waals surface area contributed by atoms with Crippen molar-refractivity contribution in [3.8, 4) is 0 Å². The predicted molar refractivity (Wildman–Crippen MR) is 74.7 cm³/mol. The maximum atomic E-state index is 13.1. The molecule has 1 unspecified atom stereocenters. The van der Waals surface area contributed by atoms with E-state index in [1.165, 1.54) is 11.8 Å². The fourth-order valence-corrected chi connectivity index (χ4v) is 2.15. The van der Waals surface area contributed by atoms with Gasteiger partial charge < -0.3 is 5.32 Å². The van der Waals surface area contributed by atoms with Crippen LogP contribution in [0, 0.1) is 5.82 Å². The minimum atomic E-state index is -0.382. The van der Waals surface area contributed by atoms with Gasteiger partial charge in [-0.2, -0.15) is 5.10 Å². The zero-order chi connectivity index (χ0) is 13.8. The Morgan fingerprint density at radius 2 is 2.21 bits per heavy atom. The molecule has 0 aliphatic heterocycles. The standard InChI is InChI=1S/C14H17ClFN3/c1-10(11-3-4-14(16)13(15)9-11)17-7-5-12-6-8-18-19(12)2/h3-4,6,8-10,17H,5,7H2,1-2H3. The van der Waals surface area contributed by atoms with E-state index in [0.29, 0.717) is 0 Å². The first-order valence-electron chi connectivity index (χ1n) is 6.23. The van der Waals surface area contributed by atoms with Gasteiger partial charge in [0.25, 0.3) is 0 Å².